The van der Waals surface area contributed by atoms with Crippen LogP contribution in [0.5, 0.6) is 0 Å². The highest BCUT2D eigenvalue weighted by Crippen LogP contribution is 2.29. The van der Waals surface area contributed by atoms with Crippen molar-refractivity contribution in [3.05, 3.63) is 40.6 Å². The summed E-state index contributed by atoms with van der Waals surface area (Å²) in [5.41, 5.74) is 0. The molecular weight excluding hydrogens is 285 g/mol. The quantitative estimate of drug-likeness (QED) is 0.912. The molecule has 0 spiro atoms. The van der Waals surface area contributed by atoms with E-state index in [1.165, 1.54) is 24.5 Å². The first-order valence-electron chi connectivity index (χ1n) is 4.47. The monoisotopic (exact) mass is 291 g/mol. The van der Waals surface area contributed by atoms with Crippen LogP contribution in [0.2, 0.25) is 10.0 Å². The molecule has 2 aromatic rings. The molecule has 0 unspecified atom stereocenters. The lowest BCUT2D eigenvalue weighted by Gasteiger charge is -2.08. The topological polar surface area (TPSA) is 74.8 Å². The Morgan fingerprint density at radius 1 is 1.24 bits per heavy atom. The number of H-pyrrole nitrogens is 1. The molecule has 0 saturated heterocycles. The predicted molar refractivity (Wildman–Crippen MR) is 65.9 cm³/mol. The Labute approximate surface area is 108 Å². The number of halogens is 2. The summed E-state index contributed by atoms with van der Waals surface area (Å²) in [6.07, 6.45) is 2.91. The minimum absolute atomic E-state index is 0.0524. The maximum absolute atomic E-state index is 12.0. The largest absolute Gasteiger partial charge is 0.330 e. The van der Waals surface area contributed by atoms with Crippen molar-refractivity contribution in [2.75, 3.05) is 4.72 Å². The second-order valence-electron chi connectivity index (χ2n) is 3.09. The van der Waals surface area contributed by atoms with Crippen molar-refractivity contribution in [2.45, 2.75) is 4.90 Å². The number of sulfonamides is 1. The van der Waals surface area contributed by atoms with E-state index >= 15 is 0 Å². The maximum Gasteiger partial charge on any atom is 0.267 e. The molecule has 1 heterocycles. The van der Waals surface area contributed by atoms with Crippen LogP contribution < -0.4 is 4.72 Å². The van der Waals surface area contributed by atoms with E-state index in [9.17, 15) is 8.42 Å². The highest BCUT2D eigenvalue weighted by atomic mass is 35.5. The average molecular weight is 292 g/mol. The molecule has 2 rings (SSSR count). The lowest BCUT2D eigenvalue weighted by Crippen LogP contribution is -2.14. The Kier molecular flexibility index (Phi) is 3.28. The number of nitrogens with one attached hydrogen (secondary N) is 2. The number of imidazole rings is 1. The molecule has 1 aromatic carbocycles. The molecule has 0 atom stereocenters. The van der Waals surface area contributed by atoms with E-state index in [-0.39, 0.29) is 20.9 Å². The first kappa shape index (κ1) is 12.2. The van der Waals surface area contributed by atoms with Gasteiger partial charge in [-0.25, -0.2) is 18.1 Å². The van der Waals surface area contributed by atoms with Crippen molar-refractivity contribution in [1.29, 1.82) is 0 Å². The van der Waals surface area contributed by atoms with Gasteiger partial charge in [0.2, 0.25) is 5.95 Å². The third kappa shape index (κ3) is 2.54. The van der Waals surface area contributed by atoms with Gasteiger partial charge in [0.25, 0.3) is 10.0 Å². The summed E-state index contributed by atoms with van der Waals surface area (Å²) in [5.74, 6) is 0.0981. The highest BCUT2D eigenvalue weighted by Gasteiger charge is 2.22. The minimum atomic E-state index is -3.85. The van der Waals surface area contributed by atoms with Gasteiger partial charge in [-0.1, -0.05) is 29.3 Å². The van der Waals surface area contributed by atoms with Crippen LogP contribution in [-0.2, 0) is 10.0 Å². The fourth-order valence-corrected chi connectivity index (χ4v) is 3.36. The van der Waals surface area contributed by atoms with E-state index in [4.69, 9.17) is 23.2 Å². The number of aromatic nitrogens is 2. The van der Waals surface area contributed by atoms with Crippen LogP contribution in [0.25, 0.3) is 0 Å². The normalized spacial score (nSPS) is 11.4. The van der Waals surface area contributed by atoms with Crippen LogP contribution in [0.1, 0.15) is 0 Å². The fourth-order valence-electron chi connectivity index (χ4n) is 1.24. The van der Waals surface area contributed by atoms with Crippen molar-refractivity contribution < 1.29 is 8.42 Å². The second-order valence-corrected chi connectivity index (χ2v) is 5.53. The van der Waals surface area contributed by atoms with Gasteiger partial charge in [-0.3, -0.25) is 0 Å². The average Bonchev–Trinajstić information content (AvgIpc) is 2.68. The third-order valence-corrected chi connectivity index (χ3v) is 4.21. The number of hydrogen-bond donors (Lipinski definition) is 2. The van der Waals surface area contributed by atoms with Gasteiger partial charge >= 0.3 is 0 Å². The van der Waals surface area contributed by atoms with Crippen LogP contribution in [0.4, 0.5) is 5.95 Å². The van der Waals surface area contributed by atoms with E-state index in [1.54, 1.807) is 6.07 Å². The smallest absolute Gasteiger partial charge is 0.267 e. The van der Waals surface area contributed by atoms with E-state index in [0.717, 1.165) is 0 Å². The van der Waals surface area contributed by atoms with E-state index in [2.05, 4.69) is 14.7 Å². The molecule has 90 valence electrons. The van der Waals surface area contributed by atoms with Crippen molar-refractivity contribution in [3.63, 3.8) is 0 Å². The van der Waals surface area contributed by atoms with Crippen molar-refractivity contribution >= 4 is 39.2 Å². The Morgan fingerprint density at radius 2 is 1.88 bits per heavy atom. The first-order chi connectivity index (χ1) is 8.00. The first-order valence-corrected chi connectivity index (χ1v) is 6.71. The fraction of sp³-hybridized carbons (Fsp3) is 0. The van der Waals surface area contributed by atoms with Crippen LogP contribution in [-0.4, -0.2) is 18.4 Å². The van der Waals surface area contributed by atoms with Crippen LogP contribution in [0.15, 0.2) is 35.5 Å². The standard InChI is InChI=1S/C9H7Cl2N3O2S/c10-6-2-1-3-7(11)8(6)17(15,16)14-9-12-4-5-13-9/h1-5H,(H2,12,13,14). The number of hydrogen-bond acceptors (Lipinski definition) is 3. The molecule has 17 heavy (non-hydrogen) atoms. The van der Waals surface area contributed by atoms with Gasteiger partial charge in [-0.2, -0.15) is 0 Å². The van der Waals surface area contributed by atoms with Gasteiger partial charge in [0.1, 0.15) is 4.90 Å². The van der Waals surface area contributed by atoms with Crippen molar-refractivity contribution in [1.82, 2.24) is 9.97 Å². The Morgan fingerprint density at radius 3 is 2.41 bits per heavy atom. The lowest BCUT2D eigenvalue weighted by molar-refractivity contribution is 0.601. The summed E-state index contributed by atoms with van der Waals surface area (Å²) in [7, 11) is -3.85. The van der Waals surface area contributed by atoms with Crippen LogP contribution >= 0.6 is 23.2 Å². The van der Waals surface area contributed by atoms with E-state index < -0.39 is 10.0 Å². The molecule has 0 fully saturated rings. The molecule has 0 aliphatic heterocycles. The van der Waals surface area contributed by atoms with Gasteiger partial charge in [0.15, 0.2) is 0 Å². The molecule has 0 bridgehead atoms. The maximum atomic E-state index is 12.0. The van der Waals surface area contributed by atoms with E-state index in [1.807, 2.05) is 0 Å². The molecule has 1 aromatic heterocycles. The zero-order chi connectivity index (χ0) is 12.5. The van der Waals surface area contributed by atoms with Crippen LogP contribution in [0.3, 0.4) is 0 Å². The summed E-state index contributed by atoms with van der Waals surface area (Å²) < 4.78 is 26.2. The summed E-state index contributed by atoms with van der Waals surface area (Å²) in [4.78, 5) is 6.20. The Balaban J connectivity index is 2.45. The van der Waals surface area contributed by atoms with Gasteiger partial charge in [-0.15, -0.1) is 0 Å². The molecule has 2 N–H and O–H groups in total. The number of aromatic amines is 1. The molecule has 0 radical (unpaired) electrons. The zero-order valence-corrected chi connectivity index (χ0v) is 10.6. The second kappa shape index (κ2) is 4.56. The molecule has 0 aliphatic carbocycles. The number of rotatable bonds is 3. The number of benzene rings is 1. The van der Waals surface area contributed by atoms with Gasteiger partial charge in [-0.05, 0) is 12.1 Å². The van der Waals surface area contributed by atoms with Crippen molar-refractivity contribution in [3.8, 4) is 0 Å². The Bertz CT molecular complexity index is 605. The number of anilines is 1. The summed E-state index contributed by atoms with van der Waals surface area (Å²) in [5, 5.41) is 0.105. The van der Waals surface area contributed by atoms with Crippen molar-refractivity contribution in [2.24, 2.45) is 0 Å². The summed E-state index contributed by atoms with van der Waals surface area (Å²) in [6, 6.07) is 4.46. The van der Waals surface area contributed by atoms with E-state index in [0.29, 0.717) is 0 Å². The van der Waals surface area contributed by atoms with Crippen LogP contribution in [0, 0.1) is 0 Å². The van der Waals surface area contributed by atoms with Gasteiger partial charge < -0.3 is 4.98 Å². The third-order valence-electron chi connectivity index (χ3n) is 1.92. The molecule has 0 amide bonds. The summed E-state index contributed by atoms with van der Waals surface area (Å²) in [6.45, 7) is 0. The van der Waals surface area contributed by atoms with Gasteiger partial charge in [0, 0.05) is 12.4 Å². The van der Waals surface area contributed by atoms with Gasteiger partial charge in [0.05, 0.1) is 10.0 Å². The summed E-state index contributed by atoms with van der Waals surface area (Å²) >= 11 is 11.6. The molecular formula is C9H7Cl2N3O2S. The molecule has 0 aliphatic rings. The lowest BCUT2D eigenvalue weighted by atomic mass is 10.4. The molecule has 5 nitrogen and oxygen atoms in total. The molecule has 8 heteroatoms. The number of nitrogens with zero attached hydrogens (tertiary/aromatic N) is 1. The SMILES string of the molecule is O=S(=O)(Nc1ncc[nH]1)c1c(Cl)cccc1Cl. The zero-order valence-electron chi connectivity index (χ0n) is 8.31. The minimum Gasteiger partial charge on any atom is -0.330 e. The Hall–Kier alpha value is -1.24. The highest BCUT2D eigenvalue weighted by molar-refractivity contribution is 7.93. The predicted octanol–water partition coefficient (Wildman–Crippen LogP) is 2.52. The molecule has 0 saturated carbocycles.